The van der Waals surface area contributed by atoms with Crippen LogP contribution in [0.25, 0.3) is 0 Å². The summed E-state index contributed by atoms with van der Waals surface area (Å²) in [7, 11) is 1.88. The van der Waals surface area contributed by atoms with Crippen molar-refractivity contribution in [1.29, 1.82) is 0 Å². The second kappa shape index (κ2) is 3.72. The molecule has 0 spiro atoms. The van der Waals surface area contributed by atoms with Gasteiger partial charge < -0.3 is 5.32 Å². The van der Waals surface area contributed by atoms with Crippen LogP contribution in [0.15, 0.2) is 36.5 Å². The molecule has 1 N–H and O–H groups in total. The Morgan fingerprint density at radius 2 is 1.93 bits per heavy atom. The molecule has 72 valence electrons. The van der Waals surface area contributed by atoms with Crippen molar-refractivity contribution in [3.05, 3.63) is 41.6 Å². The summed E-state index contributed by atoms with van der Waals surface area (Å²) in [6, 6.07) is 9.42. The third-order valence-electron chi connectivity index (χ3n) is 1.83. The Kier molecular flexibility index (Phi) is 2.41. The number of hydrogen-bond acceptors (Lipinski definition) is 2. The first-order valence-electron chi connectivity index (χ1n) is 4.26. The second-order valence-corrected chi connectivity index (χ2v) is 3.44. The van der Waals surface area contributed by atoms with E-state index in [0.29, 0.717) is 0 Å². The van der Waals surface area contributed by atoms with Crippen LogP contribution in [0.4, 0.5) is 11.5 Å². The van der Waals surface area contributed by atoms with Gasteiger partial charge in [0.05, 0.1) is 0 Å². The zero-order chi connectivity index (χ0) is 9.97. The average Bonchev–Trinajstić information content (AvgIpc) is 2.56. The van der Waals surface area contributed by atoms with Crippen molar-refractivity contribution in [3.63, 3.8) is 0 Å². The highest BCUT2D eigenvalue weighted by atomic mass is 35.5. The second-order valence-electron chi connectivity index (χ2n) is 3.01. The van der Waals surface area contributed by atoms with Gasteiger partial charge in [0.15, 0.2) is 5.82 Å². The highest BCUT2D eigenvalue weighted by molar-refractivity contribution is 6.30. The van der Waals surface area contributed by atoms with Gasteiger partial charge in [-0.1, -0.05) is 11.6 Å². The van der Waals surface area contributed by atoms with Gasteiger partial charge in [0.1, 0.15) is 0 Å². The minimum atomic E-state index is 0.733. The van der Waals surface area contributed by atoms with E-state index in [0.717, 1.165) is 16.5 Å². The standard InChI is InChI=1S/C10H10ClN3/c1-14-7-6-10(13-14)12-9-4-2-8(11)3-5-9/h2-7H,1H3,(H,12,13). The molecule has 2 rings (SSSR count). The van der Waals surface area contributed by atoms with Crippen LogP contribution in [0.2, 0.25) is 5.02 Å². The van der Waals surface area contributed by atoms with Crippen molar-refractivity contribution in [2.75, 3.05) is 5.32 Å². The fourth-order valence-corrected chi connectivity index (χ4v) is 1.29. The van der Waals surface area contributed by atoms with Crippen molar-refractivity contribution in [1.82, 2.24) is 9.78 Å². The van der Waals surface area contributed by atoms with Gasteiger partial charge in [-0.25, -0.2) is 0 Å². The summed E-state index contributed by atoms with van der Waals surface area (Å²) in [5.41, 5.74) is 0.980. The van der Waals surface area contributed by atoms with Crippen molar-refractivity contribution < 1.29 is 0 Å². The van der Waals surface area contributed by atoms with Crippen molar-refractivity contribution in [2.24, 2.45) is 7.05 Å². The first-order valence-corrected chi connectivity index (χ1v) is 4.64. The monoisotopic (exact) mass is 207 g/mol. The molecule has 0 aliphatic carbocycles. The molecule has 1 heterocycles. The van der Waals surface area contributed by atoms with Crippen LogP contribution in [-0.4, -0.2) is 9.78 Å². The number of aromatic nitrogens is 2. The average molecular weight is 208 g/mol. The van der Waals surface area contributed by atoms with Gasteiger partial charge >= 0.3 is 0 Å². The lowest BCUT2D eigenvalue weighted by Gasteiger charge is -2.01. The van der Waals surface area contributed by atoms with Crippen LogP contribution in [0.3, 0.4) is 0 Å². The van der Waals surface area contributed by atoms with Crippen LogP contribution >= 0.6 is 11.6 Å². The molecule has 14 heavy (non-hydrogen) atoms. The summed E-state index contributed by atoms with van der Waals surface area (Å²) in [5.74, 6) is 0.829. The summed E-state index contributed by atoms with van der Waals surface area (Å²) in [6.07, 6.45) is 1.89. The quantitative estimate of drug-likeness (QED) is 0.821. The van der Waals surface area contributed by atoms with Crippen molar-refractivity contribution in [3.8, 4) is 0 Å². The fraction of sp³-hybridized carbons (Fsp3) is 0.100. The third kappa shape index (κ3) is 2.06. The van der Waals surface area contributed by atoms with Crippen LogP contribution in [0.5, 0.6) is 0 Å². The van der Waals surface area contributed by atoms with Gasteiger partial charge in [0.25, 0.3) is 0 Å². The molecular formula is C10H10ClN3. The Labute approximate surface area is 87.3 Å². The summed E-state index contributed by atoms with van der Waals surface area (Å²) in [4.78, 5) is 0. The highest BCUT2D eigenvalue weighted by Crippen LogP contribution is 2.17. The number of benzene rings is 1. The SMILES string of the molecule is Cn1ccc(Nc2ccc(Cl)cc2)n1. The first-order chi connectivity index (χ1) is 6.74. The van der Waals surface area contributed by atoms with Gasteiger partial charge in [0.2, 0.25) is 0 Å². The van der Waals surface area contributed by atoms with Crippen molar-refractivity contribution in [2.45, 2.75) is 0 Å². The van der Waals surface area contributed by atoms with Gasteiger partial charge in [-0.3, -0.25) is 4.68 Å². The smallest absolute Gasteiger partial charge is 0.152 e. The molecule has 2 aromatic rings. The normalized spacial score (nSPS) is 10.1. The minimum Gasteiger partial charge on any atom is -0.339 e. The van der Waals surface area contributed by atoms with Gasteiger partial charge in [0, 0.05) is 30.0 Å². The molecule has 0 radical (unpaired) electrons. The Morgan fingerprint density at radius 3 is 2.50 bits per heavy atom. The molecule has 4 heteroatoms. The van der Waals surface area contributed by atoms with Crippen molar-refractivity contribution >= 4 is 23.1 Å². The molecule has 0 aliphatic heterocycles. The maximum Gasteiger partial charge on any atom is 0.152 e. The zero-order valence-corrected chi connectivity index (χ0v) is 8.49. The number of aryl methyl sites for hydroxylation is 1. The Morgan fingerprint density at radius 1 is 1.21 bits per heavy atom. The molecule has 0 unspecified atom stereocenters. The van der Waals surface area contributed by atoms with E-state index in [2.05, 4.69) is 10.4 Å². The van der Waals surface area contributed by atoms with Crippen LogP contribution < -0.4 is 5.32 Å². The van der Waals surface area contributed by atoms with Gasteiger partial charge in [-0.15, -0.1) is 0 Å². The Hall–Kier alpha value is -1.48. The van der Waals surface area contributed by atoms with Gasteiger partial charge in [-0.05, 0) is 24.3 Å². The van der Waals surface area contributed by atoms with Crippen LogP contribution in [0.1, 0.15) is 0 Å². The molecule has 0 fully saturated rings. The van der Waals surface area contributed by atoms with E-state index in [-0.39, 0.29) is 0 Å². The van der Waals surface area contributed by atoms with E-state index >= 15 is 0 Å². The third-order valence-corrected chi connectivity index (χ3v) is 2.08. The number of anilines is 2. The molecule has 0 amide bonds. The topological polar surface area (TPSA) is 29.9 Å². The van der Waals surface area contributed by atoms with E-state index in [1.165, 1.54) is 0 Å². The molecular weight excluding hydrogens is 198 g/mol. The summed E-state index contributed by atoms with van der Waals surface area (Å²) in [5, 5.41) is 8.10. The zero-order valence-electron chi connectivity index (χ0n) is 7.74. The van der Waals surface area contributed by atoms with E-state index in [1.54, 1.807) is 4.68 Å². The number of hydrogen-bond donors (Lipinski definition) is 1. The van der Waals surface area contributed by atoms with E-state index in [4.69, 9.17) is 11.6 Å². The van der Waals surface area contributed by atoms with E-state index in [1.807, 2.05) is 43.6 Å². The molecule has 0 saturated heterocycles. The summed E-state index contributed by atoms with van der Waals surface area (Å²) < 4.78 is 1.75. The lowest BCUT2D eigenvalue weighted by atomic mass is 10.3. The predicted octanol–water partition coefficient (Wildman–Crippen LogP) is 2.82. The largest absolute Gasteiger partial charge is 0.339 e. The molecule has 3 nitrogen and oxygen atoms in total. The molecule has 0 atom stereocenters. The molecule has 0 saturated carbocycles. The Bertz CT molecular complexity index is 419. The number of nitrogens with one attached hydrogen (secondary N) is 1. The molecule has 1 aromatic carbocycles. The van der Waals surface area contributed by atoms with E-state index < -0.39 is 0 Å². The maximum atomic E-state index is 5.77. The summed E-state index contributed by atoms with van der Waals surface area (Å²) >= 11 is 5.77. The lowest BCUT2D eigenvalue weighted by Crippen LogP contribution is -1.93. The fourth-order valence-electron chi connectivity index (χ4n) is 1.16. The van der Waals surface area contributed by atoms with E-state index in [9.17, 15) is 0 Å². The molecule has 0 aliphatic rings. The number of halogens is 1. The highest BCUT2D eigenvalue weighted by Gasteiger charge is 1.96. The summed E-state index contributed by atoms with van der Waals surface area (Å²) in [6.45, 7) is 0. The number of nitrogens with zero attached hydrogens (tertiary/aromatic N) is 2. The number of rotatable bonds is 2. The lowest BCUT2D eigenvalue weighted by molar-refractivity contribution is 0.771. The van der Waals surface area contributed by atoms with Crippen LogP contribution in [0, 0.1) is 0 Å². The Balaban J connectivity index is 2.15. The minimum absolute atomic E-state index is 0.733. The predicted molar refractivity (Wildman–Crippen MR) is 57.9 cm³/mol. The molecule has 1 aromatic heterocycles. The van der Waals surface area contributed by atoms with Gasteiger partial charge in [-0.2, -0.15) is 5.10 Å². The van der Waals surface area contributed by atoms with Crippen LogP contribution in [-0.2, 0) is 7.05 Å². The maximum absolute atomic E-state index is 5.77. The first kappa shape index (κ1) is 9.09. The molecule has 0 bridgehead atoms.